The zero-order valence-electron chi connectivity index (χ0n) is 11.5. The number of aliphatic hydroxyl groups excluding tert-OH is 2. The molecule has 5 nitrogen and oxygen atoms in total. The zero-order valence-corrected chi connectivity index (χ0v) is 11.5. The number of fused-ring (bicyclic) bond motifs is 3. The van der Waals surface area contributed by atoms with Crippen molar-refractivity contribution in [2.24, 2.45) is 0 Å². The van der Waals surface area contributed by atoms with E-state index >= 15 is 0 Å². The molecular weight excluding hydrogens is 270 g/mol. The Bertz CT molecular complexity index is 656. The van der Waals surface area contributed by atoms with Crippen molar-refractivity contribution in [2.45, 2.75) is 37.1 Å². The van der Waals surface area contributed by atoms with E-state index in [0.29, 0.717) is 0 Å². The highest BCUT2D eigenvalue weighted by molar-refractivity contribution is 5.53. The van der Waals surface area contributed by atoms with Crippen molar-refractivity contribution < 1.29 is 19.7 Å². The van der Waals surface area contributed by atoms with Crippen molar-refractivity contribution in [1.29, 1.82) is 0 Å². The maximum atomic E-state index is 10.5. The van der Waals surface area contributed by atoms with Gasteiger partial charge in [0.2, 0.25) is 6.79 Å². The van der Waals surface area contributed by atoms with Gasteiger partial charge in [0.1, 0.15) is 0 Å². The highest BCUT2D eigenvalue weighted by Crippen LogP contribution is 2.49. The minimum atomic E-state index is -0.780. The van der Waals surface area contributed by atoms with E-state index < -0.39 is 12.2 Å². The fourth-order valence-electron chi connectivity index (χ4n) is 4.35. The summed E-state index contributed by atoms with van der Waals surface area (Å²) in [5, 5.41) is 20.7. The molecule has 1 saturated heterocycles. The first-order valence-corrected chi connectivity index (χ1v) is 7.45. The summed E-state index contributed by atoms with van der Waals surface area (Å²) in [5.41, 5.74) is 3.54. The van der Waals surface area contributed by atoms with Gasteiger partial charge in [0.25, 0.3) is 0 Å². The third-order valence-corrected chi connectivity index (χ3v) is 5.27. The van der Waals surface area contributed by atoms with Gasteiger partial charge in [-0.15, -0.1) is 0 Å². The van der Waals surface area contributed by atoms with Gasteiger partial charge in [-0.25, -0.2) is 0 Å². The van der Waals surface area contributed by atoms with Crippen LogP contribution in [0.2, 0.25) is 0 Å². The lowest BCUT2D eigenvalue weighted by Crippen LogP contribution is -2.49. The first-order chi connectivity index (χ1) is 10.2. The summed E-state index contributed by atoms with van der Waals surface area (Å²) >= 11 is 0. The number of ether oxygens (including phenoxy) is 2. The lowest BCUT2D eigenvalue weighted by molar-refractivity contribution is -0.00157. The van der Waals surface area contributed by atoms with Crippen LogP contribution >= 0.6 is 0 Å². The molecule has 4 atom stereocenters. The van der Waals surface area contributed by atoms with Gasteiger partial charge in [-0.3, -0.25) is 4.90 Å². The number of aliphatic hydroxyl groups is 2. The molecule has 5 rings (SSSR count). The van der Waals surface area contributed by atoms with Crippen molar-refractivity contribution in [2.75, 3.05) is 13.3 Å². The zero-order chi connectivity index (χ0) is 14.1. The van der Waals surface area contributed by atoms with Crippen molar-refractivity contribution in [1.82, 2.24) is 4.90 Å². The fourth-order valence-corrected chi connectivity index (χ4v) is 4.35. The Hall–Kier alpha value is -1.56. The number of hydrogen-bond acceptors (Lipinski definition) is 5. The largest absolute Gasteiger partial charge is 0.454 e. The van der Waals surface area contributed by atoms with Crippen molar-refractivity contribution >= 4 is 0 Å². The summed E-state index contributed by atoms with van der Waals surface area (Å²) in [7, 11) is 0. The third kappa shape index (κ3) is 1.51. The first kappa shape index (κ1) is 12.0. The van der Waals surface area contributed by atoms with Crippen molar-refractivity contribution in [3.05, 3.63) is 34.9 Å². The summed E-state index contributed by atoms with van der Waals surface area (Å²) in [6.45, 7) is 2.11. The second-order valence-corrected chi connectivity index (χ2v) is 6.32. The van der Waals surface area contributed by atoms with Crippen LogP contribution in [0.4, 0.5) is 0 Å². The van der Waals surface area contributed by atoms with Gasteiger partial charge in [0, 0.05) is 25.0 Å². The molecule has 2 unspecified atom stereocenters. The second kappa shape index (κ2) is 4.00. The molecule has 0 bridgehead atoms. The van der Waals surface area contributed by atoms with Gasteiger partial charge >= 0.3 is 0 Å². The Morgan fingerprint density at radius 3 is 2.81 bits per heavy atom. The molecule has 110 valence electrons. The molecular formula is C16H17NO4. The van der Waals surface area contributed by atoms with E-state index in [4.69, 9.17) is 9.47 Å². The van der Waals surface area contributed by atoms with Crippen LogP contribution < -0.4 is 9.47 Å². The van der Waals surface area contributed by atoms with E-state index in [2.05, 4.69) is 4.90 Å². The lowest BCUT2D eigenvalue weighted by Gasteiger charge is -2.44. The molecule has 1 aromatic carbocycles. The summed E-state index contributed by atoms with van der Waals surface area (Å²) < 4.78 is 10.9. The maximum Gasteiger partial charge on any atom is 0.231 e. The van der Waals surface area contributed by atoms with Crippen LogP contribution in [-0.4, -0.2) is 46.7 Å². The van der Waals surface area contributed by atoms with Crippen LogP contribution in [0.3, 0.4) is 0 Å². The van der Waals surface area contributed by atoms with Gasteiger partial charge in [-0.2, -0.15) is 0 Å². The van der Waals surface area contributed by atoms with Crippen LogP contribution in [0.1, 0.15) is 23.5 Å². The Balaban J connectivity index is 1.70. The highest BCUT2D eigenvalue weighted by Gasteiger charge is 2.48. The third-order valence-electron chi connectivity index (χ3n) is 5.27. The fraction of sp³-hybridized carbons (Fsp3) is 0.500. The van der Waals surface area contributed by atoms with E-state index in [-0.39, 0.29) is 18.8 Å². The van der Waals surface area contributed by atoms with E-state index in [1.54, 1.807) is 0 Å². The van der Waals surface area contributed by atoms with Crippen LogP contribution in [0.5, 0.6) is 11.5 Å². The maximum absolute atomic E-state index is 10.5. The minimum Gasteiger partial charge on any atom is -0.454 e. The SMILES string of the molecule is OC1[C@H]2c3cc4c(cc3CN3CCC(=C[C@@H]1O)C23)OCO4. The molecule has 2 N–H and O–H groups in total. The van der Waals surface area contributed by atoms with Gasteiger partial charge < -0.3 is 19.7 Å². The molecule has 1 aliphatic carbocycles. The molecule has 3 heterocycles. The molecule has 5 heteroatoms. The quantitative estimate of drug-likeness (QED) is 0.690. The van der Waals surface area contributed by atoms with Crippen LogP contribution in [0.15, 0.2) is 23.8 Å². The van der Waals surface area contributed by atoms with Crippen LogP contribution in [0, 0.1) is 0 Å². The summed E-state index contributed by atoms with van der Waals surface area (Å²) in [5.74, 6) is 1.45. The lowest BCUT2D eigenvalue weighted by atomic mass is 9.73. The molecule has 0 spiro atoms. The minimum absolute atomic E-state index is 0.0826. The normalized spacial score (nSPS) is 36.2. The predicted molar refractivity (Wildman–Crippen MR) is 74.2 cm³/mol. The number of rotatable bonds is 0. The van der Waals surface area contributed by atoms with Crippen LogP contribution in [0.25, 0.3) is 0 Å². The average molecular weight is 287 g/mol. The molecule has 3 aliphatic heterocycles. The molecule has 1 fully saturated rings. The molecule has 0 amide bonds. The molecule has 0 radical (unpaired) electrons. The van der Waals surface area contributed by atoms with E-state index in [0.717, 1.165) is 36.6 Å². The highest BCUT2D eigenvalue weighted by atomic mass is 16.7. The Kier molecular flexibility index (Phi) is 2.29. The summed E-state index contributed by atoms with van der Waals surface area (Å²) in [6.07, 6.45) is 1.28. The van der Waals surface area contributed by atoms with Crippen molar-refractivity contribution in [3.8, 4) is 11.5 Å². The molecule has 4 aliphatic rings. The van der Waals surface area contributed by atoms with Gasteiger partial charge in [0.15, 0.2) is 11.5 Å². The standard InChI is InChI=1S/C16H17NO4/c18-11-3-8-1-2-17-6-9-4-12-13(21-7-20-12)5-10(9)14(15(8)17)16(11)19/h3-5,11,14-16,18-19H,1-2,6-7H2/t11-,14-,15?,16?/m0/s1. The average Bonchev–Trinajstić information content (AvgIpc) is 3.08. The van der Waals surface area contributed by atoms with E-state index in [1.807, 2.05) is 18.2 Å². The van der Waals surface area contributed by atoms with Gasteiger partial charge in [-0.05, 0) is 29.7 Å². The Morgan fingerprint density at radius 2 is 1.95 bits per heavy atom. The van der Waals surface area contributed by atoms with Crippen molar-refractivity contribution in [3.63, 3.8) is 0 Å². The number of nitrogens with zero attached hydrogens (tertiary/aromatic N) is 1. The molecule has 0 saturated carbocycles. The summed E-state index contributed by atoms with van der Waals surface area (Å²) in [4.78, 5) is 2.40. The topological polar surface area (TPSA) is 62.2 Å². The van der Waals surface area contributed by atoms with E-state index in [1.165, 1.54) is 11.1 Å². The Labute approximate surface area is 122 Å². The smallest absolute Gasteiger partial charge is 0.231 e. The van der Waals surface area contributed by atoms with Gasteiger partial charge in [-0.1, -0.05) is 11.6 Å². The number of hydrogen-bond donors (Lipinski definition) is 2. The molecule has 0 aromatic heterocycles. The monoisotopic (exact) mass is 287 g/mol. The van der Waals surface area contributed by atoms with E-state index in [9.17, 15) is 10.2 Å². The summed E-state index contributed by atoms with van der Waals surface area (Å²) in [6, 6.07) is 4.25. The van der Waals surface area contributed by atoms with Crippen LogP contribution in [-0.2, 0) is 6.54 Å². The number of benzene rings is 1. The first-order valence-electron chi connectivity index (χ1n) is 7.45. The molecule has 1 aromatic rings. The molecule has 21 heavy (non-hydrogen) atoms. The predicted octanol–water partition coefficient (Wildman–Crippen LogP) is 0.749. The van der Waals surface area contributed by atoms with Gasteiger partial charge in [0.05, 0.1) is 12.2 Å². The second-order valence-electron chi connectivity index (χ2n) is 6.32. The Morgan fingerprint density at radius 1 is 1.14 bits per heavy atom.